The topological polar surface area (TPSA) is 20.2 Å². The van der Waals surface area contributed by atoms with Crippen molar-refractivity contribution in [2.75, 3.05) is 5.94 Å². The molecular weight excluding hydrogens is 151 g/mol. The van der Waals surface area contributed by atoms with Crippen LogP contribution in [0.4, 0.5) is 4.39 Å². The highest BCUT2D eigenvalue weighted by atomic mass is 32.2. The van der Waals surface area contributed by atoms with Crippen molar-refractivity contribution < 1.29 is 9.50 Å². The molecule has 0 unspecified atom stereocenters. The molecule has 0 aliphatic carbocycles. The number of aliphatic hydroxyl groups is 1. The van der Waals surface area contributed by atoms with Gasteiger partial charge in [-0.05, 0) is 24.3 Å². The second-order valence-corrected chi connectivity index (χ2v) is 2.75. The number of aliphatic hydroxyl groups excluding tert-OH is 1. The van der Waals surface area contributed by atoms with Gasteiger partial charge in [-0.3, -0.25) is 0 Å². The number of hydrogen-bond acceptors (Lipinski definition) is 2. The molecule has 0 atom stereocenters. The van der Waals surface area contributed by atoms with E-state index in [4.69, 9.17) is 5.11 Å². The van der Waals surface area contributed by atoms with E-state index >= 15 is 0 Å². The Bertz CT molecular complexity index is 197. The average molecular weight is 158 g/mol. The van der Waals surface area contributed by atoms with Crippen LogP contribution in [-0.2, 0) is 0 Å². The third kappa shape index (κ3) is 2.01. The van der Waals surface area contributed by atoms with Crippen LogP contribution in [0.3, 0.4) is 0 Å². The molecule has 0 fully saturated rings. The van der Waals surface area contributed by atoms with Crippen LogP contribution in [0.15, 0.2) is 29.2 Å². The van der Waals surface area contributed by atoms with Gasteiger partial charge in [0.05, 0.1) is 5.94 Å². The van der Waals surface area contributed by atoms with E-state index in [1.807, 2.05) is 0 Å². The Morgan fingerprint density at radius 2 is 1.90 bits per heavy atom. The van der Waals surface area contributed by atoms with E-state index in [0.717, 1.165) is 4.90 Å². The molecule has 1 aromatic carbocycles. The predicted molar refractivity (Wildman–Crippen MR) is 39.3 cm³/mol. The van der Waals surface area contributed by atoms with Gasteiger partial charge in [0, 0.05) is 4.90 Å². The fourth-order valence-electron chi connectivity index (χ4n) is 0.605. The highest BCUT2D eigenvalue weighted by Crippen LogP contribution is 2.15. The van der Waals surface area contributed by atoms with Gasteiger partial charge < -0.3 is 5.11 Å². The van der Waals surface area contributed by atoms with E-state index in [9.17, 15) is 4.39 Å². The summed E-state index contributed by atoms with van der Waals surface area (Å²) in [6, 6.07) is 6.02. The normalized spacial score (nSPS) is 9.80. The van der Waals surface area contributed by atoms with Gasteiger partial charge in [-0.25, -0.2) is 4.39 Å². The zero-order valence-electron chi connectivity index (χ0n) is 5.25. The number of thioether (sulfide) groups is 1. The van der Waals surface area contributed by atoms with E-state index in [1.165, 1.54) is 23.9 Å². The van der Waals surface area contributed by atoms with Crippen molar-refractivity contribution in [3.63, 3.8) is 0 Å². The zero-order chi connectivity index (χ0) is 7.40. The summed E-state index contributed by atoms with van der Waals surface area (Å²) in [5.41, 5.74) is 0. The van der Waals surface area contributed by atoms with Crippen molar-refractivity contribution in [1.82, 2.24) is 0 Å². The van der Waals surface area contributed by atoms with Crippen molar-refractivity contribution in [1.29, 1.82) is 0 Å². The van der Waals surface area contributed by atoms with Crippen molar-refractivity contribution in [3.8, 4) is 0 Å². The molecule has 0 aromatic heterocycles. The van der Waals surface area contributed by atoms with E-state index in [2.05, 4.69) is 0 Å². The van der Waals surface area contributed by atoms with Crippen LogP contribution < -0.4 is 0 Å². The fourth-order valence-corrected chi connectivity index (χ4v) is 1.08. The lowest BCUT2D eigenvalue weighted by Gasteiger charge is -1.94. The molecule has 0 aliphatic heterocycles. The largest absolute Gasteiger partial charge is 0.385 e. The summed E-state index contributed by atoms with van der Waals surface area (Å²) in [6.45, 7) is 0. The van der Waals surface area contributed by atoms with Gasteiger partial charge in [-0.15, -0.1) is 0 Å². The first kappa shape index (κ1) is 7.57. The average Bonchev–Trinajstić information content (AvgIpc) is 1.95. The number of rotatable bonds is 2. The summed E-state index contributed by atoms with van der Waals surface area (Å²) in [7, 11) is 0. The molecule has 1 rings (SSSR count). The van der Waals surface area contributed by atoms with E-state index in [-0.39, 0.29) is 11.8 Å². The Hall–Kier alpha value is -0.540. The SMILES string of the molecule is OCSc1ccc(F)cc1. The monoisotopic (exact) mass is 158 g/mol. The molecule has 0 aliphatic rings. The Morgan fingerprint density at radius 3 is 2.40 bits per heavy atom. The molecule has 1 nitrogen and oxygen atoms in total. The molecule has 0 saturated heterocycles. The van der Waals surface area contributed by atoms with Gasteiger partial charge in [-0.1, -0.05) is 11.8 Å². The highest BCUT2D eigenvalue weighted by molar-refractivity contribution is 7.99. The summed E-state index contributed by atoms with van der Waals surface area (Å²) < 4.78 is 12.3. The summed E-state index contributed by atoms with van der Waals surface area (Å²) in [5.74, 6) is -0.215. The molecule has 0 bridgehead atoms. The molecule has 10 heavy (non-hydrogen) atoms. The van der Waals surface area contributed by atoms with Gasteiger partial charge >= 0.3 is 0 Å². The number of hydrogen-bond donors (Lipinski definition) is 1. The van der Waals surface area contributed by atoms with E-state index < -0.39 is 0 Å². The van der Waals surface area contributed by atoms with Crippen molar-refractivity contribution >= 4 is 11.8 Å². The maximum Gasteiger partial charge on any atom is 0.123 e. The van der Waals surface area contributed by atoms with E-state index in [0.29, 0.717) is 0 Å². The van der Waals surface area contributed by atoms with Crippen LogP contribution in [0.25, 0.3) is 0 Å². The van der Waals surface area contributed by atoms with Crippen molar-refractivity contribution in [2.45, 2.75) is 4.90 Å². The molecule has 0 saturated carbocycles. The van der Waals surface area contributed by atoms with Crippen LogP contribution in [0.5, 0.6) is 0 Å². The summed E-state index contributed by atoms with van der Waals surface area (Å²) in [6.07, 6.45) is 0. The first-order valence-corrected chi connectivity index (χ1v) is 3.80. The highest BCUT2D eigenvalue weighted by Gasteiger charge is 1.91. The Kier molecular flexibility index (Phi) is 2.71. The second-order valence-electron chi connectivity index (χ2n) is 1.73. The van der Waals surface area contributed by atoms with Crippen molar-refractivity contribution in [2.24, 2.45) is 0 Å². The Labute approximate surface area is 62.9 Å². The standard InChI is InChI=1S/C7H7FOS/c8-6-1-3-7(4-2-6)10-5-9/h1-4,9H,5H2. The first-order valence-electron chi connectivity index (χ1n) is 2.82. The molecule has 3 heteroatoms. The minimum atomic E-state index is -0.248. The lowest BCUT2D eigenvalue weighted by Crippen LogP contribution is -1.75. The molecular formula is C7H7FOS. The maximum absolute atomic E-state index is 12.3. The fraction of sp³-hybridized carbons (Fsp3) is 0.143. The van der Waals surface area contributed by atoms with Gasteiger partial charge in [0.25, 0.3) is 0 Å². The van der Waals surface area contributed by atoms with Crippen LogP contribution >= 0.6 is 11.8 Å². The predicted octanol–water partition coefficient (Wildman–Crippen LogP) is 1.87. The van der Waals surface area contributed by atoms with Crippen molar-refractivity contribution in [3.05, 3.63) is 30.1 Å². The summed E-state index contributed by atoms with van der Waals surface area (Å²) in [4.78, 5) is 0.879. The van der Waals surface area contributed by atoms with Gasteiger partial charge in [0.1, 0.15) is 5.82 Å². The molecule has 1 N–H and O–H groups in total. The van der Waals surface area contributed by atoms with Crippen LogP contribution in [-0.4, -0.2) is 11.0 Å². The molecule has 0 heterocycles. The maximum atomic E-state index is 12.3. The summed E-state index contributed by atoms with van der Waals surface area (Å²) >= 11 is 1.27. The molecule has 0 amide bonds. The third-order valence-electron chi connectivity index (χ3n) is 1.04. The van der Waals surface area contributed by atoms with Crippen LogP contribution in [0.2, 0.25) is 0 Å². The smallest absolute Gasteiger partial charge is 0.123 e. The van der Waals surface area contributed by atoms with Gasteiger partial charge in [0.2, 0.25) is 0 Å². The zero-order valence-corrected chi connectivity index (χ0v) is 6.07. The minimum Gasteiger partial charge on any atom is -0.385 e. The quantitative estimate of drug-likeness (QED) is 0.523. The summed E-state index contributed by atoms with van der Waals surface area (Å²) in [5, 5.41) is 8.46. The molecule has 0 spiro atoms. The lowest BCUT2D eigenvalue weighted by molar-refractivity contribution is 0.375. The number of benzene rings is 1. The molecule has 1 aromatic rings. The molecule has 0 radical (unpaired) electrons. The molecule has 54 valence electrons. The van der Waals surface area contributed by atoms with Gasteiger partial charge in [-0.2, -0.15) is 0 Å². The minimum absolute atomic E-state index is 0.0334. The Morgan fingerprint density at radius 1 is 1.30 bits per heavy atom. The third-order valence-corrected chi connectivity index (χ3v) is 1.78. The lowest BCUT2D eigenvalue weighted by atomic mass is 10.4. The van der Waals surface area contributed by atoms with Crippen LogP contribution in [0.1, 0.15) is 0 Å². The number of halogens is 1. The Balaban J connectivity index is 2.69. The van der Waals surface area contributed by atoms with E-state index in [1.54, 1.807) is 12.1 Å². The second kappa shape index (κ2) is 3.58. The van der Waals surface area contributed by atoms with Gasteiger partial charge in [0.15, 0.2) is 0 Å². The first-order chi connectivity index (χ1) is 4.83. The van der Waals surface area contributed by atoms with Crippen LogP contribution in [0, 0.1) is 5.82 Å².